The third kappa shape index (κ3) is 6.10. The van der Waals surface area contributed by atoms with Crippen molar-refractivity contribution in [1.82, 2.24) is 9.97 Å². The van der Waals surface area contributed by atoms with E-state index < -0.39 is 13.7 Å². The second-order valence-corrected chi connectivity index (χ2v) is 9.27. The van der Waals surface area contributed by atoms with Gasteiger partial charge in [0.2, 0.25) is 0 Å². The van der Waals surface area contributed by atoms with Gasteiger partial charge in [0.05, 0.1) is 5.58 Å². The van der Waals surface area contributed by atoms with E-state index in [2.05, 4.69) is 54.1 Å². The molecule has 193 valence electrons. The summed E-state index contributed by atoms with van der Waals surface area (Å²) in [6.07, 6.45) is 3.92. The van der Waals surface area contributed by atoms with Gasteiger partial charge in [-0.05, 0) is 54.1 Å². The molecule has 0 amide bonds. The fourth-order valence-electron chi connectivity index (χ4n) is 4.27. The van der Waals surface area contributed by atoms with Crippen LogP contribution in [0, 0.1) is 31.8 Å². The first kappa shape index (κ1) is 21.4. The predicted octanol–water partition coefficient (Wildman–Crippen LogP) is 8.81. The Labute approximate surface area is 245 Å². The fraction of sp³-hybridized carbons (Fsp3) is 0.176. The molecule has 6 aromatic rings. The van der Waals surface area contributed by atoms with Crippen LogP contribution in [0.4, 0.5) is 0 Å². The summed E-state index contributed by atoms with van der Waals surface area (Å²) in [6, 6.07) is 30.9. The second kappa shape index (κ2) is 12.3. The molecule has 0 aliphatic carbocycles. The van der Waals surface area contributed by atoms with Crippen LogP contribution in [0.3, 0.4) is 0 Å². The Hall–Kier alpha value is -3.59. The monoisotopic (exact) mass is 680 g/mol. The van der Waals surface area contributed by atoms with E-state index in [0.717, 1.165) is 45.2 Å². The van der Waals surface area contributed by atoms with Gasteiger partial charge < -0.3 is 14.4 Å². The van der Waals surface area contributed by atoms with E-state index >= 15 is 0 Å². The third-order valence-corrected chi connectivity index (χ3v) is 5.96. The molecule has 0 aliphatic rings. The molecule has 3 aromatic heterocycles. The van der Waals surface area contributed by atoms with Crippen LogP contribution in [0.5, 0.6) is 0 Å². The van der Waals surface area contributed by atoms with E-state index in [1.165, 1.54) is 11.8 Å². The van der Waals surface area contributed by atoms with Crippen molar-refractivity contribution >= 4 is 21.9 Å². The molecular weight excluding hydrogens is 645 g/mol. The van der Waals surface area contributed by atoms with Gasteiger partial charge in [-0.2, -0.15) is 0 Å². The summed E-state index contributed by atoms with van der Waals surface area (Å²) in [5.74, 6) is 0.531. The Bertz CT molecular complexity index is 1780. The van der Waals surface area contributed by atoms with Crippen molar-refractivity contribution in [3.63, 3.8) is 0 Å². The molecule has 0 atom stereocenters. The average Bonchev–Trinajstić information content (AvgIpc) is 3.37. The van der Waals surface area contributed by atoms with Gasteiger partial charge in [-0.3, -0.25) is 0 Å². The molecule has 1 radical (unpaired) electrons. The summed E-state index contributed by atoms with van der Waals surface area (Å²) >= 11 is 0. The maximum Gasteiger partial charge on any atom is 0.124 e. The minimum Gasteiger partial charge on any atom is -0.500 e. The molecule has 0 N–H and O–H groups in total. The topological polar surface area (TPSA) is 38.9 Å². The molecule has 6 rings (SSSR count). The zero-order chi connectivity index (χ0) is 29.9. The van der Waals surface area contributed by atoms with E-state index in [0.29, 0.717) is 17.2 Å². The van der Waals surface area contributed by atoms with Crippen molar-refractivity contribution in [2.24, 2.45) is 5.92 Å². The van der Waals surface area contributed by atoms with Gasteiger partial charge in [-0.15, -0.1) is 54.1 Å². The van der Waals surface area contributed by atoms with E-state index in [-0.39, 0.29) is 25.7 Å². The van der Waals surface area contributed by atoms with Crippen LogP contribution in [0.15, 0.2) is 95.7 Å². The first-order chi connectivity index (χ1) is 20.1. The number of furan rings is 1. The quantitative estimate of drug-likeness (QED) is 0.175. The van der Waals surface area contributed by atoms with Crippen LogP contribution in [-0.4, -0.2) is 9.97 Å². The first-order valence-electron chi connectivity index (χ1n) is 14.9. The van der Waals surface area contributed by atoms with Gasteiger partial charge in [-0.25, -0.2) is 0 Å². The van der Waals surface area contributed by atoms with Crippen molar-refractivity contribution in [3.8, 4) is 22.5 Å². The zero-order valence-electron chi connectivity index (χ0n) is 26.2. The second-order valence-electron chi connectivity index (χ2n) is 9.27. The molecule has 0 saturated carbocycles. The first-order valence-corrected chi connectivity index (χ1v) is 12.2. The molecule has 3 aromatic carbocycles. The number of aromatic nitrogens is 2. The summed E-state index contributed by atoms with van der Waals surface area (Å²) in [7, 11) is 0. The van der Waals surface area contributed by atoms with E-state index in [1.54, 1.807) is 24.4 Å². The number of hydrogen-bond acceptors (Lipinski definition) is 3. The van der Waals surface area contributed by atoms with Crippen molar-refractivity contribution in [1.29, 1.82) is 0 Å². The molecular formula is C34H30IrN2O-2. The van der Waals surface area contributed by atoms with Crippen LogP contribution in [0.25, 0.3) is 44.5 Å². The number of pyridine rings is 2. The molecule has 0 fully saturated rings. The van der Waals surface area contributed by atoms with Crippen molar-refractivity contribution in [3.05, 3.63) is 120 Å². The normalized spacial score (nSPS) is 13.1. The Morgan fingerprint density at radius 3 is 2.26 bits per heavy atom. The largest absolute Gasteiger partial charge is 0.500 e. The van der Waals surface area contributed by atoms with Crippen molar-refractivity contribution in [2.75, 3.05) is 0 Å². The Balaban J connectivity index is 0.000000225. The van der Waals surface area contributed by atoms with Crippen LogP contribution in [0.2, 0.25) is 0 Å². The van der Waals surface area contributed by atoms with Crippen molar-refractivity contribution in [2.45, 2.75) is 34.0 Å². The smallest absolute Gasteiger partial charge is 0.124 e. The molecule has 0 unspecified atom stereocenters. The van der Waals surface area contributed by atoms with Gasteiger partial charge in [-0.1, -0.05) is 67.3 Å². The van der Waals surface area contributed by atoms with Crippen LogP contribution >= 0.6 is 0 Å². The van der Waals surface area contributed by atoms with Gasteiger partial charge in [0.25, 0.3) is 0 Å². The minimum absolute atomic E-state index is 0. The molecule has 0 aliphatic heterocycles. The molecule has 3 heterocycles. The Morgan fingerprint density at radius 2 is 1.58 bits per heavy atom. The van der Waals surface area contributed by atoms with E-state index in [1.807, 2.05) is 42.5 Å². The number of fused-ring (bicyclic) bond motifs is 3. The van der Waals surface area contributed by atoms with Gasteiger partial charge >= 0.3 is 0 Å². The van der Waals surface area contributed by atoms with Crippen LogP contribution in [0.1, 0.15) is 37.4 Å². The summed E-state index contributed by atoms with van der Waals surface area (Å²) < 4.78 is 43.2. The van der Waals surface area contributed by atoms with Crippen LogP contribution in [-0.2, 0) is 26.5 Å². The summed E-state index contributed by atoms with van der Waals surface area (Å²) in [5.41, 5.74) is 6.80. The Kier molecular flexibility index (Phi) is 6.91. The maximum absolute atomic E-state index is 7.50. The van der Waals surface area contributed by atoms with Gasteiger partial charge in [0, 0.05) is 44.7 Å². The Morgan fingerprint density at radius 1 is 0.789 bits per heavy atom. The molecule has 0 spiro atoms. The summed E-state index contributed by atoms with van der Waals surface area (Å²) in [5, 5.41) is 2.10. The molecule has 4 heteroatoms. The molecule has 3 nitrogen and oxygen atoms in total. The number of rotatable bonds is 4. The summed E-state index contributed by atoms with van der Waals surface area (Å²) in [4.78, 5) is 8.55. The van der Waals surface area contributed by atoms with Gasteiger partial charge in [0.1, 0.15) is 5.58 Å². The number of benzene rings is 3. The SMILES string of the molecule is [2H]C([2H])([2H])c1ccc(-c2[c-]ccc3c2oc2c(CC(C)C)cccc23)nc1.[2H]C([2H])c1ccc(-c2[c-]cccc2)nc1.[Ir]. The number of para-hydroxylation sites is 1. The van der Waals surface area contributed by atoms with E-state index in [4.69, 9.17) is 11.3 Å². The number of hydrogen-bond donors (Lipinski definition) is 0. The number of nitrogens with zero attached hydrogens (tertiary/aromatic N) is 2. The van der Waals surface area contributed by atoms with E-state index in [9.17, 15) is 0 Å². The van der Waals surface area contributed by atoms with Crippen molar-refractivity contribution < 1.29 is 31.4 Å². The molecule has 0 bridgehead atoms. The predicted molar refractivity (Wildman–Crippen MR) is 152 cm³/mol. The molecule has 0 saturated heterocycles. The minimum atomic E-state index is -2.16. The number of aryl methyl sites for hydroxylation is 2. The fourth-order valence-corrected chi connectivity index (χ4v) is 4.27. The summed E-state index contributed by atoms with van der Waals surface area (Å²) in [6.45, 7) is 1.26. The zero-order valence-corrected chi connectivity index (χ0v) is 23.6. The third-order valence-electron chi connectivity index (χ3n) is 5.96. The average molecular weight is 680 g/mol. The molecule has 38 heavy (non-hydrogen) atoms. The van der Waals surface area contributed by atoms with Gasteiger partial charge in [0.15, 0.2) is 0 Å². The van der Waals surface area contributed by atoms with Crippen LogP contribution < -0.4 is 0 Å². The standard InChI is InChI=1S/C22H20NO.C12H10N.Ir/c1-14(2)12-16-6-4-7-17-18-8-5-9-19(22(18)24-21(16)17)20-11-10-15(3)13-23-20;1-10-7-8-12(13-9-10)11-5-3-2-4-6-11;/h4-8,10-11,13-14H,12H2,1-3H3;2-5,7-9H,1H3;/q2*-1;/i3D3;1D2;. The maximum atomic E-state index is 7.50.